The molecule has 0 unspecified atom stereocenters. The maximum Gasteiger partial charge on any atom is 0.251 e. The van der Waals surface area contributed by atoms with E-state index in [4.69, 9.17) is 5.73 Å². The Bertz CT molecular complexity index is 575. The molecule has 0 bridgehead atoms. The number of nitrogens with one attached hydrogen (secondary N) is 1. The zero-order valence-electron chi connectivity index (χ0n) is 12.5. The van der Waals surface area contributed by atoms with Gasteiger partial charge in [-0.05, 0) is 31.0 Å². The number of carbonyl (C=O) groups excluding carboxylic acids is 1. The van der Waals surface area contributed by atoms with E-state index in [1.54, 1.807) is 12.1 Å². The van der Waals surface area contributed by atoms with Crippen LogP contribution in [0.5, 0.6) is 0 Å². The first-order valence-electron chi connectivity index (χ1n) is 6.60. The van der Waals surface area contributed by atoms with Crippen molar-refractivity contribution in [3.8, 4) is 0 Å². The van der Waals surface area contributed by atoms with E-state index >= 15 is 0 Å². The average molecular weight is 335 g/mol. The predicted octanol–water partition coefficient (Wildman–Crippen LogP) is 1.76. The fraction of sp³-hybridized carbons (Fsp3) is 0.500. The number of hydrogen-bond donors (Lipinski definition) is 2. The van der Waals surface area contributed by atoms with Crippen molar-refractivity contribution in [2.24, 2.45) is 5.73 Å². The Hall–Kier alpha value is -1.11. The van der Waals surface area contributed by atoms with Crippen LogP contribution in [-0.4, -0.2) is 32.7 Å². The maximum atomic E-state index is 12.3. The second kappa shape index (κ2) is 7.77. The molecule has 1 aromatic rings. The lowest BCUT2D eigenvalue weighted by Crippen LogP contribution is -2.52. The van der Waals surface area contributed by atoms with Crippen LogP contribution >= 0.6 is 12.4 Å². The summed E-state index contributed by atoms with van der Waals surface area (Å²) < 4.78 is 23.0. The molecule has 3 N–H and O–H groups in total. The van der Waals surface area contributed by atoms with Gasteiger partial charge >= 0.3 is 0 Å². The molecule has 0 saturated heterocycles. The van der Waals surface area contributed by atoms with E-state index in [1.807, 2.05) is 13.8 Å². The second-order valence-electron chi connectivity index (χ2n) is 4.95. The average Bonchev–Trinajstić information content (AvgIpc) is 2.44. The van der Waals surface area contributed by atoms with E-state index in [2.05, 4.69) is 5.32 Å². The molecule has 0 aromatic heterocycles. The van der Waals surface area contributed by atoms with Crippen molar-refractivity contribution in [1.29, 1.82) is 0 Å². The Morgan fingerprint density at radius 2 is 1.86 bits per heavy atom. The Labute approximate surface area is 132 Å². The van der Waals surface area contributed by atoms with E-state index < -0.39 is 15.4 Å². The number of nitrogens with two attached hydrogens (primary N) is 1. The molecule has 5 nitrogen and oxygen atoms in total. The van der Waals surface area contributed by atoms with Gasteiger partial charge in [0.2, 0.25) is 0 Å². The molecule has 1 aromatic carbocycles. The third kappa shape index (κ3) is 4.98. The molecule has 0 fully saturated rings. The van der Waals surface area contributed by atoms with Gasteiger partial charge in [-0.3, -0.25) is 4.79 Å². The monoisotopic (exact) mass is 334 g/mol. The van der Waals surface area contributed by atoms with Crippen molar-refractivity contribution in [3.63, 3.8) is 0 Å². The SMILES string of the molecule is CCC(CC)(CN)NC(=O)c1cccc(S(C)(=O)=O)c1.Cl. The summed E-state index contributed by atoms with van der Waals surface area (Å²) in [5, 5.41) is 2.92. The molecular weight excluding hydrogens is 312 g/mol. The molecule has 0 saturated carbocycles. The minimum absolute atomic E-state index is 0. The van der Waals surface area contributed by atoms with Crippen LogP contribution in [0.3, 0.4) is 0 Å². The number of hydrogen-bond acceptors (Lipinski definition) is 4. The first-order chi connectivity index (χ1) is 9.28. The molecule has 7 heteroatoms. The molecule has 0 spiro atoms. The third-order valence-corrected chi connectivity index (χ3v) is 4.76. The molecular formula is C14H23ClN2O3S. The normalized spacial score (nSPS) is 11.6. The van der Waals surface area contributed by atoms with Gasteiger partial charge in [-0.15, -0.1) is 12.4 Å². The smallest absolute Gasteiger partial charge is 0.251 e. The summed E-state index contributed by atoms with van der Waals surface area (Å²) in [6.07, 6.45) is 2.56. The maximum absolute atomic E-state index is 12.3. The quantitative estimate of drug-likeness (QED) is 0.829. The predicted molar refractivity (Wildman–Crippen MR) is 86.6 cm³/mol. The number of sulfone groups is 1. The van der Waals surface area contributed by atoms with Crippen LogP contribution in [0.2, 0.25) is 0 Å². The molecule has 0 atom stereocenters. The van der Waals surface area contributed by atoms with E-state index in [0.29, 0.717) is 12.1 Å². The minimum atomic E-state index is -3.32. The van der Waals surface area contributed by atoms with E-state index in [9.17, 15) is 13.2 Å². The largest absolute Gasteiger partial charge is 0.345 e. The minimum Gasteiger partial charge on any atom is -0.345 e. The van der Waals surface area contributed by atoms with Crippen LogP contribution < -0.4 is 11.1 Å². The topological polar surface area (TPSA) is 89.3 Å². The Morgan fingerprint density at radius 1 is 1.29 bits per heavy atom. The zero-order chi connectivity index (χ0) is 15.4. The Kier molecular flexibility index (Phi) is 7.36. The lowest BCUT2D eigenvalue weighted by atomic mass is 9.92. The summed E-state index contributed by atoms with van der Waals surface area (Å²) in [6, 6.07) is 6.02. The highest BCUT2D eigenvalue weighted by Crippen LogP contribution is 2.16. The third-order valence-electron chi connectivity index (χ3n) is 3.65. The Balaban J connectivity index is 0.00000400. The van der Waals surface area contributed by atoms with Crippen LogP contribution in [0, 0.1) is 0 Å². The molecule has 0 aliphatic rings. The van der Waals surface area contributed by atoms with Gasteiger partial charge in [0.1, 0.15) is 0 Å². The van der Waals surface area contributed by atoms with Gasteiger partial charge in [-0.2, -0.15) is 0 Å². The van der Waals surface area contributed by atoms with E-state index in [-0.39, 0.29) is 23.2 Å². The summed E-state index contributed by atoms with van der Waals surface area (Å²) >= 11 is 0. The van der Waals surface area contributed by atoms with Crippen molar-refractivity contribution < 1.29 is 13.2 Å². The van der Waals surface area contributed by atoms with Crippen LogP contribution in [0.4, 0.5) is 0 Å². The number of rotatable bonds is 6. The zero-order valence-corrected chi connectivity index (χ0v) is 14.2. The number of amides is 1. The second-order valence-corrected chi connectivity index (χ2v) is 6.96. The van der Waals surface area contributed by atoms with Gasteiger partial charge in [-0.1, -0.05) is 19.9 Å². The fourth-order valence-electron chi connectivity index (χ4n) is 1.95. The van der Waals surface area contributed by atoms with Crippen molar-refractivity contribution >= 4 is 28.2 Å². The van der Waals surface area contributed by atoms with Crippen molar-refractivity contribution in [2.75, 3.05) is 12.8 Å². The summed E-state index contributed by atoms with van der Waals surface area (Å²) in [5.74, 6) is -0.301. The van der Waals surface area contributed by atoms with Gasteiger partial charge in [-0.25, -0.2) is 8.42 Å². The van der Waals surface area contributed by atoms with Gasteiger partial charge in [0.05, 0.1) is 10.4 Å². The molecule has 0 aliphatic carbocycles. The highest BCUT2D eigenvalue weighted by atomic mass is 35.5. The fourth-order valence-corrected chi connectivity index (χ4v) is 2.61. The van der Waals surface area contributed by atoms with E-state index in [0.717, 1.165) is 19.1 Å². The number of halogens is 1. The molecule has 1 rings (SSSR count). The summed E-state index contributed by atoms with van der Waals surface area (Å²) in [6.45, 7) is 4.27. The van der Waals surface area contributed by atoms with Gasteiger partial charge < -0.3 is 11.1 Å². The van der Waals surface area contributed by atoms with Gasteiger partial charge in [0, 0.05) is 18.4 Å². The van der Waals surface area contributed by atoms with Crippen molar-refractivity contribution in [1.82, 2.24) is 5.32 Å². The molecule has 21 heavy (non-hydrogen) atoms. The van der Waals surface area contributed by atoms with Crippen molar-refractivity contribution in [2.45, 2.75) is 37.1 Å². The summed E-state index contributed by atoms with van der Waals surface area (Å²) in [4.78, 5) is 12.4. The first-order valence-corrected chi connectivity index (χ1v) is 8.50. The lowest BCUT2D eigenvalue weighted by Gasteiger charge is -2.31. The van der Waals surface area contributed by atoms with Crippen molar-refractivity contribution in [3.05, 3.63) is 29.8 Å². The van der Waals surface area contributed by atoms with Crippen LogP contribution in [0.15, 0.2) is 29.2 Å². The number of benzene rings is 1. The van der Waals surface area contributed by atoms with Gasteiger partial charge in [0.25, 0.3) is 5.91 Å². The standard InChI is InChI=1S/C14H22N2O3S.ClH/c1-4-14(5-2,10-15)16-13(17)11-7-6-8-12(9-11)20(3,18)19;/h6-9H,4-5,10,15H2,1-3H3,(H,16,17);1H. The van der Waals surface area contributed by atoms with Crippen LogP contribution in [-0.2, 0) is 9.84 Å². The van der Waals surface area contributed by atoms with Gasteiger partial charge in [0.15, 0.2) is 9.84 Å². The molecule has 0 heterocycles. The number of carbonyl (C=O) groups is 1. The summed E-state index contributed by atoms with van der Waals surface area (Å²) in [5.41, 5.74) is 5.62. The first kappa shape index (κ1) is 19.9. The highest BCUT2D eigenvalue weighted by Gasteiger charge is 2.27. The molecule has 0 aliphatic heterocycles. The molecule has 1 amide bonds. The Morgan fingerprint density at radius 3 is 2.29 bits per heavy atom. The van der Waals surface area contributed by atoms with E-state index in [1.165, 1.54) is 12.1 Å². The van der Waals surface area contributed by atoms with Crippen LogP contribution in [0.25, 0.3) is 0 Å². The molecule has 0 radical (unpaired) electrons. The van der Waals surface area contributed by atoms with Crippen LogP contribution in [0.1, 0.15) is 37.0 Å². The summed E-state index contributed by atoms with van der Waals surface area (Å²) in [7, 11) is -3.32. The lowest BCUT2D eigenvalue weighted by molar-refractivity contribution is 0.0895. The highest BCUT2D eigenvalue weighted by molar-refractivity contribution is 7.90. The molecule has 120 valence electrons.